The first kappa shape index (κ1) is 21.7. The van der Waals surface area contributed by atoms with E-state index in [0.717, 1.165) is 58.1 Å². The third-order valence-corrected chi connectivity index (χ3v) is 5.51. The third kappa shape index (κ3) is 5.01. The van der Waals surface area contributed by atoms with Crippen LogP contribution in [0.2, 0.25) is 5.02 Å². The van der Waals surface area contributed by atoms with Crippen molar-refractivity contribution < 1.29 is 0 Å². The minimum absolute atomic E-state index is 0.670. The van der Waals surface area contributed by atoms with Crippen LogP contribution in [0, 0.1) is 0 Å². The van der Waals surface area contributed by atoms with Crippen LogP contribution in [0.5, 0.6) is 0 Å². The van der Waals surface area contributed by atoms with Gasteiger partial charge in [-0.1, -0.05) is 91.8 Å². The normalized spacial score (nSPS) is 10.6. The van der Waals surface area contributed by atoms with Crippen LogP contribution in [0.1, 0.15) is 18.9 Å². The maximum absolute atomic E-state index is 6.49. The zero-order valence-electron chi connectivity index (χ0n) is 18.1. The van der Waals surface area contributed by atoms with Gasteiger partial charge in [0.2, 0.25) is 0 Å². The van der Waals surface area contributed by atoms with Crippen molar-refractivity contribution in [2.45, 2.75) is 13.3 Å². The van der Waals surface area contributed by atoms with E-state index < -0.39 is 0 Å². The van der Waals surface area contributed by atoms with Gasteiger partial charge in [-0.2, -0.15) is 0 Å². The van der Waals surface area contributed by atoms with Gasteiger partial charge in [0.25, 0.3) is 0 Å². The van der Waals surface area contributed by atoms with Gasteiger partial charge in [-0.05, 0) is 41.8 Å². The lowest BCUT2D eigenvalue weighted by Crippen LogP contribution is -2.06. The average Bonchev–Trinajstić information content (AvgIpc) is 2.83. The predicted octanol–water partition coefficient (Wildman–Crippen LogP) is 7.97. The van der Waals surface area contributed by atoms with E-state index in [1.807, 2.05) is 60.7 Å². The molecule has 0 saturated carbocycles. The molecular weight excluding hydrogens is 414 g/mol. The first-order valence-electron chi connectivity index (χ1n) is 10.8. The number of para-hydroxylation sites is 1. The molecule has 0 saturated heterocycles. The van der Waals surface area contributed by atoms with Crippen LogP contribution in [-0.2, 0) is 0 Å². The summed E-state index contributed by atoms with van der Waals surface area (Å²) >= 11 is 6.49. The molecule has 0 atom stereocenters. The summed E-state index contributed by atoms with van der Waals surface area (Å²) in [7, 11) is 0. The predicted molar refractivity (Wildman–Crippen MR) is 138 cm³/mol. The fourth-order valence-corrected chi connectivity index (χ4v) is 3.81. The molecule has 0 fully saturated rings. The van der Waals surface area contributed by atoms with Gasteiger partial charge >= 0.3 is 0 Å². The summed E-state index contributed by atoms with van der Waals surface area (Å²) in [4.78, 5) is 4.87. The van der Waals surface area contributed by atoms with Crippen molar-refractivity contribution in [2.75, 3.05) is 17.2 Å². The molecule has 0 radical (unpaired) electrons. The summed E-state index contributed by atoms with van der Waals surface area (Å²) < 4.78 is 0. The average molecular weight is 440 g/mol. The lowest BCUT2D eigenvalue weighted by atomic mass is 10.0. The van der Waals surface area contributed by atoms with Gasteiger partial charge in [0.05, 0.1) is 5.69 Å². The lowest BCUT2D eigenvalue weighted by molar-refractivity contribution is 0.979. The highest BCUT2D eigenvalue weighted by molar-refractivity contribution is 6.33. The molecule has 1 heterocycles. The molecule has 0 amide bonds. The summed E-state index contributed by atoms with van der Waals surface area (Å²) in [5, 5.41) is 7.57. The number of benzene rings is 3. The number of anilines is 2. The number of nitrogens with zero attached hydrogens (tertiary/aromatic N) is 1. The first-order chi connectivity index (χ1) is 15.7. The second kappa shape index (κ2) is 10.2. The molecule has 0 aliphatic rings. The summed E-state index contributed by atoms with van der Waals surface area (Å²) in [5.41, 5.74) is 6.73. The van der Waals surface area contributed by atoms with Gasteiger partial charge < -0.3 is 10.6 Å². The van der Waals surface area contributed by atoms with E-state index in [1.165, 1.54) is 0 Å². The molecule has 4 heteroatoms. The monoisotopic (exact) mass is 439 g/mol. The Morgan fingerprint density at radius 2 is 1.59 bits per heavy atom. The Hall–Kier alpha value is -3.56. The zero-order chi connectivity index (χ0) is 22.3. The van der Waals surface area contributed by atoms with E-state index in [0.29, 0.717) is 5.02 Å². The largest absolute Gasteiger partial charge is 0.385 e. The maximum Gasteiger partial charge on any atom is 0.131 e. The SMILES string of the molecule is C=C(Nc1cc(-c2ccccc2)cc(-c2ccccc2Cl)n1)c1ccccc1NCCC. The number of nitrogens with one attached hydrogen (secondary N) is 2. The Morgan fingerprint density at radius 1 is 0.875 bits per heavy atom. The fraction of sp³-hybridized carbons (Fsp3) is 0.107. The number of halogens is 1. The van der Waals surface area contributed by atoms with E-state index in [9.17, 15) is 0 Å². The second-order valence-electron chi connectivity index (χ2n) is 7.55. The van der Waals surface area contributed by atoms with Crippen molar-refractivity contribution in [3.63, 3.8) is 0 Å². The molecule has 4 aromatic rings. The number of aromatic nitrogens is 1. The number of hydrogen-bond donors (Lipinski definition) is 2. The van der Waals surface area contributed by atoms with E-state index in [2.05, 4.69) is 54.5 Å². The van der Waals surface area contributed by atoms with E-state index in [-0.39, 0.29) is 0 Å². The highest BCUT2D eigenvalue weighted by Crippen LogP contribution is 2.33. The Labute approximate surface area is 194 Å². The standard InChI is InChI=1S/C28H26ClN3/c1-3-17-30-26-16-10-8-13-23(26)20(2)31-28-19-22(21-11-5-4-6-12-21)18-27(32-28)24-14-7-9-15-25(24)29/h4-16,18-19,30H,2-3,17H2,1H3,(H,31,32). The zero-order valence-corrected chi connectivity index (χ0v) is 18.9. The lowest BCUT2D eigenvalue weighted by Gasteiger charge is -2.16. The van der Waals surface area contributed by atoms with Crippen LogP contribution >= 0.6 is 11.6 Å². The van der Waals surface area contributed by atoms with Crippen LogP contribution in [0.4, 0.5) is 11.5 Å². The minimum atomic E-state index is 0.670. The van der Waals surface area contributed by atoms with Crippen LogP contribution in [0.25, 0.3) is 28.1 Å². The molecule has 0 spiro atoms. The summed E-state index contributed by atoms with van der Waals surface area (Å²) in [5.74, 6) is 0.719. The number of pyridine rings is 1. The Morgan fingerprint density at radius 3 is 2.38 bits per heavy atom. The molecule has 1 aromatic heterocycles. The smallest absolute Gasteiger partial charge is 0.131 e. The number of hydrogen-bond acceptors (Lipinski definition) is 3. The third-order valence-electron chi connectivity index (χ3n) is 5.18. The quantitative estimate of drug-likeness (QED) is 0.292. The van der Waals surface area contributed by atoms with E-state index in [4.69, 9.17) is 16.6 Å². The van der Waals surface area contributed by atoms with Crippen molar-refractivity contribution in [2.24, 2.45) is 0 Å². The Balaban J connectivity index is 1.73. The van der Waals surface area contributed by atoms with Crippen molar-refractivity contribution in [1.29, 1.82) is 0 Å². The first-order valence-corrected chi connectivity index (χ1v) is 11.1. The molecule has 3 aromatic carbocycles. The van der Waals surface area contributed by atoms with Gasteiger partial charge in [0.15, 0.2) is 0 Å². The molecule has 0 aliphatic heterocycles. The molecule has 2 N–H and O–H groups in total. The van der Waals surface area contributed by atoms with Gasteiger partial charge in [-0.15, -0.1) is 0 Å². The highest BCUT2D eigenvalue weighted by Gasteiger charge is 2.12. The Kier molecular flexibility index (Phi) is 6.88. The number of rotatable bonds is 8. The fourth-order valence-electron chi connectivity index (χ4n) is 3.58. The minimum Gasteiger partial charge on any atom is -0.385 e. The topological polar surface area (TPSA) is 37.0 Å². The van der Waals surface area contributed by atoms with Crippen molar-refractivity contribution in [3.8, 4) is 22.4 Å². The van der Waals surface area contributed by atoms with Crippen LogP contribution < -0.4 is 10.6 Å². The molecule has 4 rings (SSSR count). The van der Waals surface area contributed by atoms with E-state index in [1.54, 1.807) is 0 Å². The molecule has 0 unspecified atom stereocenters. The molecular formula is C28H26ClN3. The Bertz CT molecular complexity index is 1220. The van der Waals surface area contributed by atoms with Gasteiger partial charge in [0.1, 0.15) is 5.82 Å². The summed E-state index contributed by atoms with van der Waals surface area (Å²) in [6.45, 7) is 7.35. The molecule has 32 heavy (non-hydrogen) atoms. The maximum atomic E-state index is 6.49. The van der Waals surface area contributed by atoms with Gasteiger partial charge in [-0.3, -0.25) is 0 Å². The summed E-state index contributed by atoms with van der Waals surface area (Å²) in [6, 6.07) is 30.3. The molecule has 0 bridgehead atoms. The molecule has 160 valence electrons. The van der Waals surface area contributed by atoms with Crippen molar-refractivity contribution in [3.05, 3.63) is 108 Å². The van der Waals surface area contributed by atoms with Gasteiger partial charge in [-0.25, -0.2) is 4.98 Å². The van der Waals surface area contributed by atoms with Gasteiger partial charge in [0, 0.05) is 34.1 Å². The highest BCUT2D eigenvalue weighted by atomic mass is 35.5. The van der Waals surface area contributed by atoms with Crippen LogP contribution in [0.15, 0.2) is 97.6 Å². The van der Waals surface area contributed by atoms with Crippen molar-refractivity contribution in [1.82, 2.24) is 4.98 Å². The van der Waals surface area contributed by atoms with Crippen LogP contribution in [0.3, 0.4) is 0 Å². The van der Waals surface area contributed by atoms with Crippen molar-refractivity contribution >= 4 is 28.8 Å². The van der Waals surface area contributed by atoms with E-state index >= 15 is 0 Å². The second-order valence-corrected chi connectivity index (χ2v) is 7.96. The van der Waals surface area contributed by atoms with Crippen LogP contribution in [-0.4, -0.2) is 11.5 Å². The molecule has 3 nitrogen and oxygen atoms in total. The molecule has 0 aliphatic carbocycles. The summed E-state index contributed by atoms with van der Waals surface area (Å²) in [6.07, 6.45) is 1.05.